The highest BCUT2D eigenvalue weighted by Gasteiger charge is 2.17. The summed E-state index contributed by atoms with van der Waals surface area (Å²) in [6.45, 7) is 1.73. The van der Waals surface area contributed by atoms with Crippen LogP contribution in [0.2, 0.25) is 0 Å². The third-order valence-corrected chi connectivity index (χ3v) is 2.58. The number of nitro groups is 1. The summed E-state index contributed by atoms with van der Waals surface area (Å²) in [5.74, 6) is -0.254. The molecule has 2 N–H and O–H groups in total. The van der Waals surface area contributed by atoms with Crippen LogP contribution in [0.4, 0.5) is 5.69 Å². The molecule has 1 aromatic rings. The summed E-state index contributed by atoms with van der Waals surface area (Å²) in [5.41, 5.74) is 0.0784. The van der Waals surface area contributed by atoms with Crippen LogP contribution in [0.3, 0.4) is 0 Å². The molecule has 104 valence electrons. The summed E-state index contributed by atoms with van der Waals surface area (Å²) < 4.78 is 4.98. The molecule has 7 heteroatoms. The SMILES string of the molecule is COc1cc([N+](=O)[O-])ccc1C(=O)NC(C)CCO. The molecule has 1 unspecified atom stereocenters. The topological polar surface area (TPSA) is 102 Å². The quantitative estimate of drug-likeness (QED) is 0.594. The molecule has 0 aliphatic heterocycles. The van der Waals surface area contributed by atoms with E-state index < -0.39 is 10.8 Å². The van der Waals surface area contributed by atoms with E-state index >= 15 is 0 Å². The van der Waals surface area contributed by atoms with Gasteiger partial charge in [0, 0.05) is 18.7 Å². The molecule has 1 aromatic carbocycles. The Labute approximate surface area is 110 Å². The fraction of sp³-hybridized carbons (Fsp3) is 0.417. The summed E-state index contributed by atoms with van der Waals surface area (Å²) in [5, 5.41) is 22.1. The predicted molar refractivity (Wildman–Crippen MR) is 68.3 cm³/mol. The van der Waals surface area contributed by atoms with Crippen LogP contribution in [0.5, 0.6) is 5.75 Å². The Morgan fingerprint density at radius 3 is 2.79 bits per heavy atom. The van der Waals surface area contributed by atoms with E-state index in [0.717, 1.165) is 0 Å². The third-order valence-electron chi connectivity index (χ3n) is 2.58. The van der Waals surface area contributed by atoms with Crippen LogP contribution in [-0.2, 0) is 0 Å². The van der Waals surface area contributed by atoms with Crippen LogP contribution < -0.4 is 10.1 Å². The summed E-state index contributed by atoms with van der Waals surface area (Å²) in [4.78, 5) is 22.0. The second kappa shape index (κ2) is 6.69. The molecule has 19 heavy (non-hydrogen) atoms. The lowest BCUT2D eigenvalue weighted by Crippen LogP contribution is -2.33. The van der Waals surface area contributed by atoms with Gasteiger partial charge >= 0.3 is 0 Å². The van der Waals surface area contributed by atoms with E-state index in [1.807, 2.05) is 0 Å². The van der Waals surface area contributed by atoms with Crippen LogP contribution in [0.25, 0.3) is 0 Å². The van der Waals surface area contributed by atoms with Crippen LogP contribution >= 0.6 is 0 Å². The Kier molecular flexibility index (Phi) is 5.25. The molecule has 0 fully saturated rings. The number of nitro benzene ring substituents is 1. The predicted octanol–water partition coefficient (Wildman–Crippen LogP) is 1.10. The van der Waals surface area contributed by atoms with Gasteiger partial charge in [-0.25, -0.2) is 0 Å². The van der Waals surface area contributed by atoms with E-state index in [-0.39, 0.29) is 29.6 Å². The van der Waals surface area contributed by atoms with Crippen molar-refractivity contribution in [3.05, 3.63) is 33.9 Å². The zero-order valence-electron chi connectivity index (χ0n) is 10.8. The zero-order chi connectivity index (χ0) is 14.4. The molecule has 7 nitrogen and oxygen atoms in total. The molecule has 0 saturated heterocycles. The van der Waals surface area contributed by atoms with Gasteiger partial charge in [0.1, 0.15) is 5.75 Å². The summed E-state index contributed by atoms with van der Waals surface area (Å²) >= 11 is 0. The van der Waals surface area contributed by atoms with Gasteiger partial charge in [0.2, 0.25) is 0 Å². The molecule has 0 heterocycles. The van der Waals surface area contributed by atoms with Crippen molar-refractivity contribution in [1.29, 1.82) is 0 Å². The average molecular weight is 268 g/mol. The minimum atomic E-state index is -0.557. The molecule has 0 aliphatic carbocycles. The van der Waals surface area contributed by atoms with Gasteiger partial charge in [0.15, 0.2) is 0 Å². The van der Waals surface area contributed by atoms with Crippen molar-refractivity contribution in [2.24, 2.45) is 0 Å². The van der Waals surface area contributed by atoms with Gasteiger partial charge in [0.05, 0.1) is 23.7 Å². The van der Waals surface area contributed by atoms with Crippen molar-refractivity contribution >= 4 is 11.6 Å². The molecule has 0 saturated carbocycles. The van der Waals surface area contributed by atoms with E-state index in [1.54, 1.807) is 6.92 Å². The first-order valence-corrected chi connectivity index (χ1v) is 5.73. The number of non-ortho nitro benzene ring substituents is 1. The number of benzene rings is 1. The highest BCUT2D eigenvalue weighted by Crippen LogP contribution is 2.24. The van der Waals surface area contributed by atoms with Crippen LogP contribution in [0.15, 0.2) is 18.2 Å². The number of rotatable bonds is 6. The van der Waals surface area contributed by atoms with Gasteiger partial charge in [-0.15, -0.1) is 0 Å². The van der Waals surface area contributed by atoms with Crippen LogP contribution in [-0.4, -0.2) is 35.7 Å². The lowest BCUT2D eigenvalue weighted by molar-refractivity contribution is -0.384. The second-order valence-electron chi connectivity index (χ2n) is 4.03. The third kappa shape index (κ3) is 3.92. The van der Waals surface area contributed by atoms with Crippen molar-refractivity contribution in [1.82, 2.24) is 5.32 Å². The summed E-state index contributed by atoms with van der Waals surface area (Å²) in [7, 11) is 1.34. The first kappa shape index (κ1) is 14.9. The monoisotopic (exact) mass is 268 g/mol. The Bertz CT molecular complexity index is 475. The van der Waals surface area contributed by atoms with Gasteiger partial charge in [-0.2, -0.15) is 0 Å². The molecule has 0 spiro atoms. The molecule has 1 atom stereocenters. The molecule has 0 bridgehead atoms. The second-order valence-corrected chi connectivity index (χ2v) is 4.03. The molecule has 1 amide bonds. The van der Waals surface area contributed by atoms with E-state index in [0.29, 0.717) is 6.42 Å². The average Bonchev–Trinajstić information content (AvgIpc) is 2.37. The first-order valence-electron chi connectivity index (χ1n) is 5.73. The molecule has 0 radical (unpaired) electrons. The number of ether oxygens (including phenoxy) is 1. The Balaban J connectivity index is 2.93. The number of carbonyl (C=O) groups excluding carboxylic acids is 1. The normalized spacial score (nSPS) is 11.7. The molecule has 0 aliphatic rings. The van der Waals surface area contributed by atoms with Crippen molar-refractivity contribution in [3.8, 4) is 5.75 Å². The van der Waals surface area contributed by atoms with Gasteiger partial charge in [0.25, 0.3) is 11.6 Å². The minimum absolute atomic E-state index is 0.0289. The number of aliphatic hydroxyl groups is 1. The number of hydrogen-bond donors (Lipinski definition) is 2. The van der Waals surface area contributed by atoms with Crippen LogP contribution in [0.1, 0.15) is 23.7 Å². The standard InChI is InChI=1S/C12H16N2O5/c1-8(5-6-15)13-12(16)10-4-3-9(14(17)18)7-11(10)19-2/h3-4,7-8,15H,5-6H2,1-2H3,(H,13,16). The first-order chi connectivity index (χ1) is 8.99. The molecule has 1 rings (SSSR count). The Hall–Kier alpha value is -2.15. The number of carbonyl (C=O) groups is 1. The highest BCUT2D eigenvalue weighted by molar-refractivity contribution is 5.97. The Morgan fingerprint density at radius 1 is 1.58 bits per heavy atom. The van der Waals surface area contributed by atoms with E-state index in [9.17, 15) is 14.9 Å². The van der Waals surface area contributed by atoms with Gasteiger partial charge < -0.3 is 15.2 Å². The number of nitrogens with one attached hydrogen (secondary N) is 1. The van der Waals surface area contributed by atoms with E-state index in [1.165, 1.54) is 25.3 Å². The summed E-state index contributed by atoms with van der Waals surface area (Å²) in [6, 6.07) is 3.59. The van der Waals surface area contributed by atoms with Gasteiger partial charge in [-0.05, 0) is 19.4 Å². The fourth-order valence-corrected chi connectivity index (χ4v) is 1.55. The maximum absolute atomic E-state index is 11.9. The van der Waals surface area contributed by atoms with Crippen LogP contribution in [0, 0.1) is 10.1 Å². The number of nitrogens with zero attached hydrogens (tertiary/aromatic N) is 1. The number of methoxy groups -OCH3 is 1. The van der Waals surface area contributed by atoms with E-state index in [4.69, 9.17) is 9.84 Å². The molecular weight excluding hydrogens is 252 g/mol. The molecular formula is C12H16N2O5. The van der Waals surface area contributed by atoms with Gasteiger partial charge in [-0.1, -0.05) is 0 Å². The fourth-order valence-electron chi connectivity index (χ4n) is 1.55. The molecule has 0 aromatic heterocycles. The minimum Gasteiger partial charge on any atom is -0.496 e. The smallest absolute Gasteiger partial charge is 0.273 e. The number of amides is 1. The maximum Gasteiger partial charge on any atom is 0.273 e. The van der Waals surface area contributed by atoms with Gasteiger partial charge in [-0.3, -0.25) is 14.9 Å². The van der Waals surface area contributed by atoms with Crippen molar-refractivity contribution in [2.75, 3.05) is 13.7 Å². The van der Waals surface area contributed by atoms with Crippen molar-refractivity contribution in [2.45, 2.75) is 19.4 Å². The highest BCUT2D eigenvalue weighted by atomic mass is 16.6. The zero-order valence-corrected chi connectivity index (χ0v) is 10.8. The lowest BCUT2D eigenvalue weighted by Gasteiger charge is -2.14. The van der Waals surface area contributed by atoms with Crippen molar-refractivity contribution in [3.63, 3.8) is 0 Å². The van der Waals surface area contributed by atoms with Crippen molar-refractivity contribution < 1.29 is 19.6 Å². The largest absolute Gasteiger partial charge is 0.496 e. The summed E-state index contributed by atoms with van der Waals surface area (Å²) in [6.07, 6.45) is 0.432. The number of hydrogen-bond acceptors (Lipinski definition) is 5. The number of aliphatic hydroxyl groups excluding tert-OH is 1. The Morgan fingerprint density at radius 2 is 2.26 bits per heavy atom. The van der Waals surface area contributed by atoms with E-state index in [2.05, 4.69) is 5.32 Å². The maximum atomic E-state index is 11.9. The lowest BCUT2D eigenvalue weighted by atomic mass is 10.1.